The average molecular weight is 251 g/mol. The first-order valence-electron chi connectivity index (χ1n) is 6.09. The number of H-pyrrole nitrogens is 1. The molecule has 1 aliphatic heterocycles. The van der Waals surface area contributed by atoms with Gasteiger partial charge in [0.1, 0.15) is 0 Å². The van der Waals surface area contributed by atoms with Crippen molar-refractivity contribution in [2.45, 2.75) is 31.7 Å². The third-order valence-corrected chi connectivity index (χ3v) is 3.26. The number of methoxy groups -OCH3 is 1. The van der Waals surface area contributed by atoms with Crippen molar-refractivity contribution in [2.75, 3.05) is 13.7 Å². The molecule has 1 aromatic heterocycles. The van der Waals surface area contributed by atoms with Gasteiger partial charge in [-0.2, -0.15) is 5.10 Å². The van der Waals surface area contributed by atoms with Gasteiger partial charge in [-0.3, -0.25) is 14.7 Å². The number of carbonyl (C=O) groups excluding carboxylic acids is 2. The molecule has 0 saturated carbocycles. The van der Waals surface area contributed by atoms with Crippen LogP contribution in [-0.4, -0.2) is 46.7 Å². The summed E-state index contributed by atoms with van der Waals surface area (Å²) in [5.74, 6) is -0.343. The molecule has 0 aliphatic carbocycles. The van der Waals surface area contributed by atoms with Crippen molar-refractivity contribution in [3.8, 4) is 0 Å². The number of hydrogen-bond acceptors (Lipinski definition) is 4. The van der Waals surface area contributed by atoms with Crippen LogP contribution in [-0.2, 0) is 9.53 Å². The highest BCUT2D eigenvalue weighted by Crippen LogP contribution is 2.22. The minimum Gasteiger partial charge on any atom is -0.469 e. The highest BCUT2D eigenvalue weighted by atomic mass is 16.5. The van der Waals surface area contributed by atoms with Gasteiger partial charge in [-0.25, -0.2) is 0 Å². The van der Waals surface area contributed by atoms with Gasteiger partial charge in [0.05, 0.1) is 25.3 Å². The zero-order chi connectivity index (χ0) is 13.0. The van der Waals surface area contributed by atoms with E-state index < -0.39 is 0 Å². The standard InChI is InChI=1S/C12H17N3O3/c1-18-11(16)6-10-4-2-3-5-15(10)12(17)9-7-13-14-8-9/h7-8,10H,2-6H2,1H3,(H,13,14). The van der Waals surface area contributed by atoms with Gasteiger partial charge in [0.25, 0.3) is 5.91 Å². The maximum Gasteiger partial charge on any atom is 0.307 e. The van der Waals surface area contributed by atoms with Crippen molar-refractivity contribution in [3.05, 3.63) is 18.0 Å². The molecule has 1 aromatic rings. The zero-order valence-electron chi connectivity index (χ0n) is 10.4. The number of nitrogens with one attached hydrogen (secondary N) is 1. The van der Waals surface area contributed by atoms with Crippen LogP contribution < -0.4 is 0 Å². The van der Waals surface area contributed by atoms with Gasteiger partial charge in [-0.15, -0.1) is 0 Å². The molecule has 1 unspecified atom stereocenters. The number of likely N-dealkylation sites (tertiary alicyclic amines) is 1. The fourth-order valence-electron chi connectivity index (χ4n) is 2.29. The Hall–Kier alpha value is -1.85. The van der Waals surface area contributed by atoms with Gasteiger partial charge >= 0.3 is 5.97 Å². The van der Waals surface area contributed by atoms with Crippen LogP contribution >= 0.6 is 0 Å². The summed E-state index contributed by atoms with van der Waals surface area (Å²) in [6.45, 7) is 0.686. The van der Waals surface area contributed by atoms with E-state index in [1.807, 2.05) is 0 Å². The third-order valence-electron chi connectivity index (χ3n) is 3.26. The molecule has 0 spiro atoms. The van der Waals surface area contributed by atoms with E-state index in [0.29, 0.717) is 12.1 Å². The zero-order valence-corrected chi connectivity index (χ0v) is 10.4. The Labute approximate surface area is 105 Å². The largest absolute Gasteiger partial charge is 0.469 e. The lowest BCUT2D eigenvalue weighted by atomic mass is 9.98. The van der Waals surface area contributed by atoms with Crippen molar-refractivity contribution in [3.63, 3.8) is 0 Å². The first kappa shape index (κ1) is 12.6. The number of amides is 1. The molecular weight excluding hydrogens is 234 g/mol. The quantitative estimate of drug-likeness (QED) is 0.812. The van der Waals surface area contributed by atoms with Crippen LogP contribution in [0.1, 0.15) is 36.0 Å². The van der Waals surface area contributed by atoms with Crippen LogP contribution in [0.3, 0.4) is 0 Å². The van der Waals surface area contributed by atoms with Crippen molar-refractivity contribution < 1.29 is 14.3 Å². The van der Waals surface area contributed by atoms with E-state index in [9.17, 15) is 9.59 Å². The summed E-state index contributed by atoms with van der Waals surface area (Å²) in [4.78, 5) is 25.4. The third kappa shape index (κ3) is 2.69. The predicted octanol–water partition coefficient (Wildman–Crippen LogP) is 0.967. The number of esters is 1. The fraction of sp³-hybridized carbons (Fsp3) is 0.583. The average Bonchev–Trinajstić information content (AvgIpc) is 2.92. The minimum absolute atomic E-state index is 0.0615. The summed E-state index contributed by atoms with van der Waals surface area (Å²) in [6, 6.07) is -0.0615. The Morgan fingerprint density at radius 2 is 2.39 bits per heavy atom. The van der Waals surface area contributed by atoms with Crippen molar-refractivity contribution in [1.82, 2.24) is 15.1 Å². The van der Waals surface area contributed by atoms with E-state index in [1.165, 1.54) is 13.3 Å². The molecule has 1 saturated heterocycles. The molecule has 1 N–H and O–H groups in total. The van der Waals surface area contributed by atoms with Gasteiger partial charge < -0.3 is 9.64 Å². The van der Waals surface area contributed by atoms with E-state index in [1.54, 1.807) is 11.1 Å². The van der Waals surface area contributed by atoms with Crippen LogP contribution in [0.25, 0.3) is 0 Å². The van der Waals surface area contributed by atoms with E-state index in [4.69, 9.17) is 0 Å². The number of piperidine rings is 1. The predicted molar refractivity (Wildman–Crippen MR) is 63.9 cm³/mol. The minimum atomic E-state index is -0.271. The molecule has 2 heterocycles. The van der Waals surface area contributed by atoms with Gasteiger partial charge in [0, 0.05) is 18.8 Å². The second kappa shape index (κ2) is 5.66. The summed E-state index contributed by atoms with van der Waals surface area (Å²) < 4.78 is 4.68. The number of aromatic amines is 1. The second-order valence-corrected chi connectivity index (χ2v) is 4.42. The smallest absolute Gasteiger partial charge is 0.307 e. The molecule has 0 bridgehead atoms. The van der Waals surface area contributed by atoms with Gasteiger partial charge in [-0.1, -0.05) is 0 Å². The van der Waals surface area contributed by atoms with Crippen LogP contribution in [0.15, 0.2) is 12.4 Å². The number of hydrogen-bond donors (Lipinski definition) is 1. The molecule has 1 amide bonds. The number of aromatic nitrogens is 2. The molecule has 1 atom stereocenters. The Balaban J connectivity index is 2.08. The molecule has 0 radical (unpaired) electrons. The maximum atomic E-state index is 12.3. The Kier molecular flexibility index (Phi) is 3.96. The summed E-state index contributed by atoms with van der Waals surface area (Å²) >= 11 is 0. The first-order valence-corrected chi connectivity index (χ1v) is 6.09. The van der Waals surface area contributed by atoms with Gasteiger partial charge in [0.2, 0.25) is 0 Å². The second-order valence-electron chi connectivity index (χ2n) is 4.42. The van der Waals surface area contributed by atoms with E-state index in [2.05, 4.69) is 14.9 Å². The molecule has 0 aromatic carbocycles. The molecular formula is C12H17N3O3. The molecule has 6 heteroatoms. The molecule has 2 rings (SSSR count). The summed E-state index contributed by atoms with van der Waals surface area (Å²) in [5, 5.41) is 6.40. The monoisotopic (exact) mass is 251 g/mol. The van der Waals surface area contributed by atoms with Crippen molar-refractivity contribution >= 4 is 11.9 Å². The van der Waals surface area contributed by atoms with E-state index >= 15 is 0 Å². The Morgan fingerprint density at radius 3 is 3.06 bits per heavy atom. The van der Waals surface area contributed by atoms with Gasteiger partial charge in [0.15, 0.2) is 0 Å². The highest BCUT2D eigenvalue weighted by molar-refractivity contribution is 5.94. The number of rotatable bonds is 3. The van der Waals surface area contributed by atoms with Crippen LogP contribution in [0.5, 0.6) is 0 Å². The number of carbonyl (C=O) groups is 2. The first-order chi connectivity index (χ1) is 8.72. The number of ether oxygens (including phenoxy) is 1. The molecule has 98 valence electrons. The lowest BCUT2D eigenvalue weighted by Gasteiger charge is -2.34. The number of nitrogens with zero attached hydrogens (tertiary/aromatic N) is 2. The maximum absolute atomic E-state index is 12.3. The van der Waals surface area contributed by atoms with E-state index in [0.717, 1.165) is 19.3 Å². The lowest BCUT2D eigenvalue weighted by molar-refractivity contribution is -0.142. The SMILES string of the molecule is COC(=O)CC1CCCCN1C(=O)c1cn[nH]c1. The molecule has 18 heavy (non-hydrogen) atoms. The summed E-state index contributed by atoms with van der Waals surface area (Å²) in [6.07, 6.45) is 6.20. The fourth-order valence-corrected chi connectivity index (χ4v) is 2.29. The summed E-state index contributed by atoms with van der Waals surface area (Å²) in [7, 11) is 1.37. The van der Waals surface area contributed by atoms with Crippen molar-refractivity contribution in [2.24, 2.45) is 0 Å². The highest BCUT2D eigenvalue weighted by Gasteiger charge is 2.29. The van der Waals surface area contributed by atoms with Crippen LogP contribution in [0.2, 0.25) is 0 Å². The van der Waals surface area contributed by atoms with Crippen LogP contribution in [0.4, 0.5) is 0 Å². The van der Waals surface area contributed by atoms with E-state index in [-0.39, 0.29) is 24.3 Å². The van der Waals surface area contributed by atoms with Crippen molar-refractivity contribution in [1.29, 1.82) is 0 Å². The molecule has 1 aliphatic rings. The molecule has 1 fully saturated rings. The normalized spacial score (nSPS) is 19.6. The molecule has 6 nitrogen and oxygen atoms in total. The lowest BCUT2D eigenvalue weighted by Crippen LogP contribution is -2.44. The Morgan fingerprint density at radius 1 is 1.56 bits per heavy atom. The van der Waals surface area contributed by atoms with Gasteiger partial charge in [-0.05, 0) is 19.3 Å². The van der Waals surface area contributed by atoms with Crippen LogP contribution in [0, 0.1) is 0 Å². The Bertz CT molecular complexity index is 416. The summed E-state index contributed by atoms with van der Waals surface area (Å²) in [5.41, 5.74) is 0.534. The topological polar surface area (TPSA) is 75.3 Å².